The number of fused-ring (bicyclic) bond motifs is 1. The number of aromatic nitrogens is 2. The Hall–Kier alpha value is -1.26. The molecule has 0 spiro atoms. The van der Waals surface area contributed by atoms with Gasteiger partial charge in [-0.1, -0.05) is 28.8 Å². The van der Waals surface area contributed by atoms with Gasteiger partial charge < -0.3 is 5.32 Å². The highest BCUT2D eigenvalue weighted by molar-refractivity contribution is 7.03. The van der Waals surface area contributed by atoms with E-state index >= 15 is 0 Å². The van der Waals surface area contributed by atoms with E-state index in [1.54, 1.807) is 0 Å². The highest BCUT2D eigenvalue weighted by Gasteiger charge is 2.20. The van der Waals surface area contributed by atoms with Crippen molar-refractivity contribution in [1.82, 2.24) is 14.9 Å². The molecule has 1 aliphatic carbocycles. The number of nitrogens with one attached hydrogen (secondary N) is 1. The summed E-state index contributed by atoms with van der Waals surface area (Å²) in [7, 11) is 0. The van der Waals surface area contributed by atoms with Crippen LogP contribution >= 0.6 is 11.5 Å². The van der Waals surface area contributed by atoms with E-state index in [2.05, 4.69) is 39.2 Å². The highest BCUT2D eigenvalue weighted by atomic mass is 32.1. The number of hydrogen-bond donors (Lipinski definition) is 1. The molecule has 16 heavy (non-hydrogen) atoms. The number of rotatable bonds is 3. The molecule has 0 unspecified atom stereocenters. The lowest BCUT2D eigenvalue weighted by Crippen LogP contribution is -2.29. The molecule has 0 aliphatic heterocycles. The Bertz CT molecular complexity index is 442. The third-order valence-corrected chi connectivity index (χ3v) is 3.58. The summed E-state index contributed by atoms with van der Waals surface area (Å²) in [5, 5.41) is 9.56. The van der Waals surface area contributed by atoms with Crippen LogP contribution in [-0.4, -0.2) is 15.6 Å². The summed E-state index contributed by atoms with van der Waals surface area (Å²) in [5.74, 6) is 0. The fourth-order valence-electron chi connectivity index (χ4n) is 2.21. The highest BCUT2D eigenvalue weighted by Crippen LogP contribution is 2.21. The van der Waals surface area contributed by atoms with Crippen LogP contribution in [0.5, 0.6) is 0 Å². The van der Waals surface area contributed by atoms with Gasteiger partial charge in [-0.25, -0.2) is 0 Å². The van der Waals surface area contributed by atoms with Crippen LogP contribution in [0, 0.1) is 0 Å². The van der Waals surface area contributed by atoms with Gasteiger partial charge in [-0.05, 0) is 35.5 Å². The summed E-state index contributed by atoms with van der Waals surface area (Å²) < 4.78 is 3.86. The normalized spacial score (nSPS) is 15.2. The first kappa shape index (κ1) is 9.93. The van der Waals surface area contributed by atoms with Crippen molar-refractivity contribution >= 4 is 11.5 Å². The number of nitrogens with zero attached hydrogens (tertiary/aromatic N) is 2. The van der Waals surface area contributed by atoms with Gasteiger partial charge in [0.1, 0.15) is 0 Å². The molecule has 1 aliphatic rings. The van der Waals surface area contributed by atoms with Gasteiger partial charge in [0.2, 0.25) is 0 Å². The van der Waals surface area contributed by atoms with Crippen LogP contribution in [0.15, 0.2) is 29.6 Å². The van der Waals surface area contributed by atoms with Gasteiger partial charge in [-0.15, -0.1) is 5.10 Å². The molecule has 0 atom stereocenters. The van der Waals surface area contributed by atoms with Gasteiger partial charge in [0.25, 0.3) is 0 Å². The minimum absolute atomic E-state index is 0.555. The lowest BCUT2D eigenvalue weighted by atomic mass is 10.1. The van der Waals surface area contributed by atoms with Crippen molar-refractivity contribution in [3.8, 4) is 0 Å². The topological polar surface area (TPSA) is 37.8 Å². The summed E-state index contributed by atoms with van der Waals surface area (Å²) in [6.07, 6.45) is 2.27. The fourth-order valence-corrected chi connectivity index (χ4v) is 2.66. The number of benzene rings is 1. The second kappa shape index (κ2) is 4.31. The zero-order valence-corrected chi connectivity index (χ0v) is 9.70. The van der Waals surface area contributed by atoms with Crippen molar-refractivity contribution < 1.29 is 0 Å². The predicted molar refractivity (Wildman–Crippen MR) is 64.4 cm³/mol. The molecule has 1 N–H and O–H groups in total. The lowest BCUT2D eigenvalue weighted by molar-refractivity contribution is 0.527. The van der Waals surface area contributed by atoms with Crippen LogP contribution in [0.1, 0.15) is 16.8 Å². The molecule has 1 heterocycles. The van der Waals surface area contributed by atoms with E-state index in [1.807, 2.05) is 5.38 Å². The van der Waals surface area contributed by atoms with Crippen LogP contribution in [0.4, 0.5) is 0 Å². The molecule has 0 fully saturated rings. The fraction of sp³-hybridized carbons (Fsp3) is 0.333. The Morgan fingerprint density at radius 3 is 2.62 bits per heavy atom. The molecule has 0 bridgehead atoms. The average molecular weight is 231 g/mol. The van der Waals surface area contributed by atoms with Crippen LogP contribution in [-0.2, 0) is 19.4 Å². The molecular formula is C12H13N3S. The first-order valence-corrected chi connectivity index (χ1v) is 6.31. The smallest absolute Gasteiger partial charge is 0.0893 e. The summed E-state index contributed by atoms with van der Waals surface area (Å²) in [4.78, 5) is 0. The van der Waals surface area contributed by atoms with E-state index in [4.69, 9.17) is 0 Å². The molecule has 0 radical (unpaired) electrons. The van der Waals surface area contributed by atoms with Gasteiger partial charge in [0, 0.05) is 18.0 Å². The van der Waals surface area contributed by atoms with E-state index < -0.39 is 0 Å². The minimum Gasteiger partial charge on any atom is -0.308 e. The van der Waals surface area contributed by atoms with Crippen molar-refractivity contribution in [1.29, 1.82) is 0 Å². The van der Waals surface area contributed by atoms with Crippen LogP contribution < -0.4 is 5.32 Å². The third-order valence-electron chi connectivity index (χ3n) is 3.03. The maximum atomic E-state index is 4.03. The minimum atomic E-state index is 0.555. The van der Waals surface area contributed by atoms with Gasteiger partial charge in [0.15, 0.2) is 0 Å². The first-order valence-electron chi connectivity index (χ1n) is 5.48. The quantitative estimate of drug-likeness (QED) is 0.875. The van der Waals surface area contributed by atoms with E-state index in [-0.39, 0.29) is 0 Å². The third kappa shape index (κ3) is 1.99. The van der Waals surface area contributed by atoms with Crippen LogP contribution in [0.3, 0.4) is 0 Å². The molecule has 4 heteroatoms. The van der Waals surface area contributed by atoms with Crippen molar-refractivity contribution in [3.63, 3.8) is 0 Å². The maximum Gasteiger partial charge on any atom is 0.0893 e. The molecule has 82 valence electrons. The molecule has 1 aromatic heterocycles. The first-order chi connectivity index (χ1) is 7.92. The summed E-state index contributed by atoms with van der Waals surface area (Å²) in [6.45, 7) is 0.829. The zero-order valence-electron chi connectivity index (χ0n) is 8.89. The van der Waals surface area contributed by atoms with Gasteiger partial charge >= 0.3 is 0 Å². The second-order valence-corrected chi connectivity index (χ2v) is 4.76. The van der Waals surface area contributed by atoms with E-state index in [0.717, 1.165) is 25.1 Å². The molecule has 2 aromatic rings. The van der Waals surface area contributed by atoms with Gasteiger partial charge in [0.05, 0.1) is 5.69 Å². The van der Waals surface area contributed by atoms with Crippen molar-refractivity contribution in [2.75, 3.05) is 0 Å². The Kier molecular flexibility index (Phi) is 2.68. The van der Waals surface area contributed by atoms with E-state index in [9.17, 15) is 0 Å². The summed E-state index contributed by atoms with van der Waals surface area (Å²) in [6, 6.07) is 9.24. The molecular weight excluding hydrogens is 218 g/mol. The maximum absolute atomic E-state index is 4.03. The molecule has 0 amide bonds. The molecule has 3 rings (SSSR count). The van der Waals surface area contributed by atoms with Gasteiger partial charge in [-0.3, -0.25) is 0 Å². The monoisotopic (exact) mass is 231 g/mol. The predicted octanol–water partition coefficient (Wildman–Crippen LogP) is 1.80. The molecule has 0 saturated carbocycles. The zero-order chi connectivity index (χ0) is 10.8. The Morgan fingerprint density at radius 2 is 2.00 bits per heavy atom. The van der Waals surface area contributed by atoms with Crippen molar-refractivity contribution in [2.45, 2.75) is 25.4 Å². The second-order valence-electron chi connectivity index (χ2n) is 4.15. The average Bonchev–Trinajstić information content (AvgIpc) is 2.95. The van der Waals surface area contributed by atoms with Crippen LogP contribution in [0.25, 0.3) is 0 Å². The summed E-state index contributed by atoms with van der Waals surface area (Å²) >= 11 is 1.41. The van der Waals surface area contributed by atoms with Crippen LogP contribution in [0.2, 0.25) is 0 Å². The molecule has 1 aromatic carbocycles. The SMILES string of the molecule is c1ccc2c(c1)CC(NCc1csnn1)C2. The van der Waals surface area contributed by atoms with E-state index in [0.29, 0.717) is 6.04 Å². The molecule has 3 nitrogen and oxygen atoms in total. The Labute approximate surface area is 98.7 Å². The van der Waals surface area contributed by atoms with E-state index in [1.165, 1.54) is 22.7 Å². The summed E-state index contributed by atoms with van der Waals surface area (Å²) in [5.41, 5.74) is 4.01. The molecule has 0 saturated heterocycles. The van der Waals surface area contributed by atoms with Crippen molar-refractivity contribution in [2.24, 2.45) is 0 Å². The number of hydrogen-bond acceptors (Lipinski definition) is 4. The Balaban J connectivity index is 1.60. The Morgan fingerprint density at radius 1 is 1.25 bits per heavy atom. The van der Waals surface area contributed by atoms with Crippen molar-refractivity contribution in [3.05, 3.63) is 46.5 Å². The largest absolute Gasteiger partial charge is 0.308 e. The van der Waals surface area contributed by atoms with Gasteiger partial charge in [-0.2, -0.15) is 0 Å². The standard InChI is InChI=1S/C12H13N3S/c1-2-4-10-6-11(5-9(10)3-1)13-7-12-8-16-15-14-12/h1-4,8,11,13H,5-7H2. The lowest BCUT2D eigenvalue weighted by Gasteiger charge is -2.09.